The second kappa shape index (κ2) is 5.50. The van der Waals surface area contributed by atoms with E-state index in [0.29, 0.717) is 18.0 Å². The average Bonchev–Trinajstić information content (AvgIpc) is 2.51. The van der Waals surface area contributed by atoms with E-state index in [4.69, 9.17) is 0 Å². The second-order valence-corrected chi connectivity index (χ2v) is 5.16. The van der Waals surface area contributed by atoms with Crippen LogP contribution in [0.1, 0.15) is 46.5 Å². The van der Waals surface area contributed by atoms with Crippen LogP contribution >= 0.6 is 0 Å². The van der Waals surface area contributed by atoms with Gasteiger partial charge in [0.1, 0.15) is 0 Å². The lowest BCUT2D eigenvalue weighted by atomic mass is 9.87. The van der Waals surface area contributed by atoms with Crippen LogP contribution in [0, 0.1) is 5.41 Å². The highest BCUT2D eigenvalue weighted by atomic mass is 16.1. The van der Waals surface area contributed by atoms with E-state index in [0.717, 1.165) is 13.0 Å². The molecule has 0 aromatic heterocycles. The van der Waals surface area contributed by atoms with E-state index in [1.165, 1.54) is 19.3 Å². The maximum absolute atomic E-state index is 11.4. The zero-order valence-corrected chi connectivity index (χ0v) is 10.2. The summed E-state index contributed by atoms with van der Waals surface area (Å²) in [6.07, 6.45) is 4.75. The topological polar surface area (TPSA) is 41.1 Å². The Bertz CT molecular complexity index is 214. The maximum Gasteiger partial charge on any atom is 0.233 e. The molecule has 1 rings (SSSR count). The van der Waals surface area contributed by atoms with Crippen molar-refractivity contribution >= 4 is 5.91 Å². The normalized spacial score (nSPS) is 24.1. The standard InChI is InChI=1S/C12H24N2O/c1-4-8-13-11(15)9-14-10-6-5-7-12(10,2)3/h10,14H,4-9H2,1-3H3,(H,13,15). The minimum absolute atomic E-state index is 0.125. The maximum atomic E-state index is 11.4. The lowest BCUT2D eigenvalue weighted by Crippen LogP contribution is -2.43. The van der Waals surface area contributed by atoms with Gasteiger partial charge < -0.3 is 10.6 Å². The first-order valence-corrected chi connectivity index (χ1v) is 6.06. The van der Waals surface area contributed by atoms with Crippen LogP contribution in [0.5, 0.6) is 0 Å². The van der Waals surface area contributed by atoms with Gasteiger partial charge in [0, 0.05) is 12.6 Å². The van der Waals surface area contributed by atoms with Crippen LogP contribution in [0.2, 0.25) is 0 Å². The first-order valence-electron chi connectivity index (χ1n) is 6.06. The highest BCUT2D eigenvalue weighted by Gasteiger charge is 2.34. The largest absolute Gasteiger partial charge is 0.355 e. The van der Waals surface area contributed by atoms with Gasteiger partial charge in [-0.1, -0.05) is 27.2 Å². The first kappa shape index (κ1) is 12.5. The van der Waals surface area contributed by atoms with E-state index < -0.39 is 0 Å². The molecule has 0 aromatic carbocycles. The molecular weight excluding hydrogens is 188 g/mol. The highest BCUT2D eigenvalue weighted by Crippen LogP contribution is 2.36. The van der Waals surface area contributed by atoms with E-state index in [1.807, 2.05) is 0 Å². The van der Waals surface area contributed by atoms with Crippen molar-refractivity contribution in [2.75, 3.05) is 13.1 Å². The molecule has 0 saturated heterocycles. The molecule has 1 aliphatic rings. The third kappa shape index (κ3) is 3.82. The fraction of sp³-hybridized carbons (Fsp3) is 0.917. The van der Waals surface area contributed by atoms with Crippen molar-refractivity contribution in [2.45, 2.75) is 52.5 Å². The molecule has 1 saturated carbocycles. The van der Waals surface area contributed by atoms with E-state index in [2.05, 4.69) is 31.4 Å². The Kier molecular flexibility index (Phi) is 4.58. The Hall–Kier alpha value is -0.570. The van der Waals surface area contributed by atoms with E-state index in [1.54, 1.807) is 0 Å². The molecule has 15 heavy (non-hydrogen) atoms. The summed E-state index contributed by atoms with van der Waals surface area (Å²) in [5.74, 6) is 0.125. The van der Waals surface area contributed by atoms with Crippen LogP contribution in [0.4, 0.5) is 0 Å². The van der Waals surface area contributed by atoms with Gasteiger partial charge in [0.25, 0.3) is 0 Å². The molecule has 1 fully saturated rings. The molecule has 0 spiro atoms. The number of hydrogen-bond acceptors (Lipinski definition) is 2. The molecular formula is C12H24N2O. The molecule has 0 aliphatic heterocycles. The van der Waals surface area contributed by atoms with Gasteiger partial charge in [-0.3, -0.25) is 4.79 Å². The van der Waals surface area contributed by atoms with Crippen molar-refractivity contribution in [1.29, 1.82) is 0 Å². The summed E-state index contributed by atoms with van der Waals surface area (Å²) in [5.41, 5.74) is 0.352. The Morgan fingerprint density at radius 1 is 1.47 bits per heavy atom. The number of carbonyl (C=O) groups excluding carboxylic acids is 1. The van der Waals surface area contributed by atoms with Crippen LogP contribution in [0.3, 0.4) is 0 Å². The molecule has 1 aliphatic carbocycles. The SMILES string of the molecule is CCCNC(=O)CNC1CCCC1(C)C. The smallest absolute Gasteiger partial charge is 0.233 e. The summed E-state index contributed by atoms with van der Waals surface area (Å²) in [6.45, 7) is 7.87. The van der Waals surface area contributed by atoms with Gasteiger partial charge in [-0.2, -0.15) is 0 Å². The molecule has 1 amide bonds. The number of hydrogen-bond donors (Lipinski definition) is 2. The van der Waals surface area contributed by atoms with Gasteiger partial charge in [0.05, 0.1) is 6.54 Å². The first-order chi connectivity index (χ1) is 7.06. The quantitative estimate of drug-likeness (QED) is 0.728. The molecule has 2 N–H and O–H groups in total. The van der Waals surface area contributed by atoms with Crippen molar-refractivity contribution in [3.8, 4) is 0 Å². The Balaban J connectivity index is 2.22. The van der Waals surface area contributed by atoms with Gasteiger partial charge in [-0.05, 0) is 24.7 Å². The highest BCUT2D eigenvalue weighted by molar-refractivity contribution is 5.77. The third-order valence-electron chi connectivity index (χ3n) is 3.34. The van der Waals surface area contributed by atoms with Crippen molar-refractivity contribution in [3.05, 3.63) is 0 Å². The molecule has 0 bridgehead atoms. The molecule has 3 heteroatoms. The summed E-state index contributed by atoms with van der Waals surface area (Å²) in [6, 6.07) is 0.505. The van der Waals surface area contributed by atoms with Crippen molar-refractivity contribution in [2.24, 2.45) is 5.41 Å². The molecule has 0 heterocycles. The van der Waals surface area contributed by atoms with E-state index in [9.17, 15) is 4.79 Å². The van der Waals surface area contributed by atoms with Crippen LogP contribution in [-0.4, -0.2) is 25.0 Å². The number of amides is 1. The predicted octanol–water partition coefficient (Wildman–Crippen LogP) is 1.68. The Morgan fingerprint density at radius 2 is 2.20 bits per heavy atom. The predicted molar refractivity (Wildman–Crippen MR) is 62.7 cm³/mol. The zero-order chi connectivity index (χ0) is 11.3. The van der Waals surface area contributed by atoms with E-state index in [-0.39, 0.29) is 5.91 Å². The average molecular weight is 212 g/mol. The van der Waals surface area contributed by atoms with Gasteiger partial charge in [0.2, 0.25) is 5.91 Å². The summed E-state index contributed by atoms with van der Waals surface area (Å²) in [5, 5.41) is 6.25. The van der Waals surface area contributed by atoms with Crippen LogP contribution < -0.4 is 10.6 Å². The van der Waals surface area contributed by atoms with Crippen LogP contribution in [-0.2, 0) is 4.79 Å². The number of rotatable bonds is 5. The summed E-state index contributed by atoms with van der Waals surface area (Å²) in [7, 11) is 0. The van der Waals surface area contributed by atoms with Crippen LogP contribution in [0.25, 0.3) is 0 Å². The van der Waals surface area contributed by atoms with Gasteiger partial charge in [-0.25, -0.2) is 0 Å². The molecule has 88 valence electrons. The molecule has 1 unspecified atom stereocenters. The van der Waals surface area contributed by atoms with Crippen LogP contribution in [0.15, 0.2) is 0 Å². The van der Waals surface area contributed by atoms with Crippen molar-refractivity contribution in [1.82, 2.24) is 10.6 Å². The molecule has 1 atom stereocenters. The zero-order valence-electron chi connectivity index (χ0n) is 10.2. The van der Waals surface area contributed by atoms with Gasteiger partial charge in [0.15, 0.2) is 0 Å². The third-order valence-corrected chi connectivity index (χ3v) is 3.34. The minimum atomic E-state index is 0.125. The fourth-order valence-corrected chi connectivity index (χ4v) is 2.25. The second-order valence-electron chi connectivity index (χ2n) is 5.16. The van der Waals surface area contributed by atoms with Crippen molar-refractivity contribution in [3.63, 3.8) is 0 Å². The molecule has 0 aromatic rings. The monoisotopic (exact) mass is 212 g/mol. The molecule has 3 nitrogen and oxygen atoms in total. The summed E-state index contributed by atoms with van der Waals surface area (Å²) >= 11 is 0. The summed E-state index contributed by atoms with van der Waals surface area (Å²) < 4.78 is 0. The van der Waals surface area contributed by atoms with E-state index >= 15 is 0 Å². The number of carbonyl (C=O) groups is 1. The lowest BCUT2D eigenvalue weighted by Gasteiger charge is -2.27. The lowest BCUT2D eigenvalue weighted by molar-refractivity contribution is -0.120. The number of nitrogens with one attached hydrogen (secondary N) is 2. The van der Waals surface area contributed by atoms with Gasteiger partial charge >= 0.3 is 0 Å². The summed E-state index contributed by atoms with van der Waals surface area (Å²) in [4.78, 5) is 11.4. The van der Waals surface area contributed by atoms with Crippen molar-refractivity contribution < 1.29 is 4.79 Å². The van der Waals surface area contributed by atoms with Gasteiger partial charge in [-0.15, -0.1) is 0 Å². The Morgan fingerprint density at radius 3 is 2.73 bits per heavy atom. The molecule has 0 radical (unpaired) electrons. The Labute approximate surface area is 93.0 Å². The minimum Gasteiger partial charge on any atom is -0.355 e. The fourth-order valence-electron chi connectivity index (χ4n) is 2.25.